The summed E-state index contributed by atoms with van der Waals surface area (Å²) >= 11 is 2.16. The molecular weight excluding hydrogens is 369 g/mol. The van der Waals surface area contributed by atoms with E-state index in [1.54, 1.807) is 18.3 Å². The highest BCUT2D eigenvalue weighted by molar-refractivity contribution is 14.1. The zero-order valence-electron chi connectivity index (χ0n) is 10.3. The molecule has 0 radical (unpaired) electrons. The van der Waals surface area contributed by atoms with E-state index in [1.807, 2.05) is 24.3 Å². The number of aromatic hydroxyl groups is 1. The van der Waals surface area contributed by atoms with Gasteiger partial charge in [0.1, 0.15) is 5.75 Å². The van der Waals surface area contributed by atoms with E-state index in [0.717, 1.165) is 9.26 Å². The van der Waals surface area contributed by atoms with Gasteiger partial charge in [0, 0.05) is 15.5 Å². The second kappa shape index (κ2) is 5.58. The van der Waals surface area contributed by atoms with Crippen LogP contribution in [0, 0.1) is 3.57 Å². The first-order chi connectivity index (χ1) is 9.72. The summed E-state index contributed by atoms with van der Waals surface area (Å²) in [6.45, 7) is 0. The molecule has 2 aromatic heterocycles. The molecule has 0 atom stereocenters. The van der Waals surface area contributed by atoms with Gasteiger partial charge >= 0.3 is 0 Å². The van der Waals surface area contributed by atoms with Gasteiger partial charge in [0.25, 0.3) is 5.89 Å². The minimum absolute atomic E-state index is 0.124. The van der Waals surface area contributed by atoms with Gasteiger partial charge in [-0.1, -0.05) is 11.2 Å². The van der Waals surface area contributed by atoms with Gasteiger partial charge in [-0.2, -0.15) is 4.98 Å². The van der Waals surface area contributed by atoms with E-state index in [0.29, 0.717) is 23.7 Å². The molecule has 0 bridgehead atoms. The molecule has 0 amide bonds. The van der Waals surface area contributed by atoms with Gasteiger partial charge in [0.05, 0.1) is 12.0 Å². The number of halogens is 1. The molecule has 1 N–H and O–H groups in total. The minimum Gasteiger partial charge on any atom is -0.507 e. The molecule has 0 saturated carbocycles. The SMILES string of the molecule is Oc1ccc(I)cc1-c1nc(Cc2ccccn2)no1. The van der Waals surface area contributed by atoms with E-state index in [1.165, 1.54) is 0 Å². The number of nitrogens with zero attached hydrogens (tertiary/aromatic N) is 3. The average Bonchev–Trinajstić information content (AvgIpc) is 2.91. The van der Waals surface area contributed by atoms with Crippen LogP contribution < -0.4 is 0 Å². The third-order valence-corrected chi connectivity index (χ3v) is 3.39. The Kier molecular flexibility index (Phi) is 3.64. The Balaban J connectivity index is 1.88. The number of benzene rings is 1. The third-order valence-electron chi connectivity index (χ3n) is 2.72. The van der Waals surface area contributed by atoms with Crippen molar-refractivity contribution in [2.24, 2.45) is 0 Å². The maximum atomic E-state index is 9.84. The molecule has 5 nitrogen and oxygen atoms in total. The van der Waals surface area contributed by atoms with Crippen LogP contribution >= 0.6 is 22.6 Å². The lowest BCUT2D eigenvalue weighted by Gasteiger charge is -1.99. The summed E-state index contributed by atoms with van der Waals surface area (Å²) < 4.78 is 6.19. The van der Waals surface area contributed by atoms with E-state index >= 15 is 0 Å². The molecule has 0 aliphatic rings. The van der Waals surface area contributed by atoms with Crippen molar-refractivity contribution in [3.05, 3.63) is 57.7 Å². The summed E-state index contributed by atoms with van der Waals surface area (Å²) in [5.74, 6) is 0.974. The number of aromatic nitrogens is 3. The standard InChI is InChI=1S/C14H10IN3O2/c15-9-4-5-12(19)11(7-9)14-17-13(18-20-14)8-10-3-1-2-6-16-10/h1-7,19H,8H2. The molecule has 0 unspecified atom stereocenters. The summed E-state index contributed by atoms with van der Waals surface area (Å²) in [7, 11) is 0. The summed E-state index contributed by atoms with van der Waals surface area (Å²) in [5, 5.41) is 13.8. The third kappa shape index (κ3) is 2.79. The predicted octanol–water partition coefficient (Wildman–Crippen LogP) is 3.03. The molecular formula is C14H10IN3O2. The van der Waals surface area contributed by atoms with Gasteiger partial charge in [-0.05, 0) is 52.9 Å². The van der Waals surface area contributed by atoms with Crippen LogP contribution in [0.1, 0.15) is 11.5 Å². The van der Waals surface area contributed by atoms with Crippen LogP contribution in [-0.2, 0) is 6.42 Å². The molecule has 0 spiro atoms. The fourth-order valence-corrected chi connectivity index (χ4v) is 2.27. The van der Waals surface area contributed by atoms with Gasteiger partial charge in [-0.25, -0.2) is 0 Å². The Morgan fingerprint density at radius 3 is 2.90 bits per heavy atom. The molecule has 1 aromatic carbocycles. The molecule has 3 rings (SSSR count). The Hall–Kier alpha value is -1.96. The summed E-state index contributed by atoms with van der Waals surface area (Å²) in [4.78, 5) is 8.51. The number of hydrogen-bond donors (Lipinski definition) is 1. The van der Waals surface area contributed by atoms with E-state index in [-0.39, 0.29) is 5.75 Å². The molecule has 0 aliphatic carbocycles. The van der Waals surface area contributed by atoms with Crippen LogP contribution in [0.15, 0.2) is 47.1 Å². The average molecular weight is 379 g/mol. The summed E-state index contributed by atoms with van der Waals surface area (Å²) in [6, 6.07) is 10.9. The number of phenolic OH excluding ortho intramolecular Hbond substituents is 1. The van der Waals surface area contributed by atoms with E-state index in [4.69, 9.17) is 4.52 Å². The first-order valence-corrected chi connectivity index (χ1v) is 7.01. The summed E-state index contributed by atoms with van der Waals surface area (Å²) in [6.07, 6.45) is 2.22. The van der Waals surface area contributed by atoms with E-state index in [9.17, 15) is 5.11 Å². The zero-order chi connectivity index (χ0) is 13.9. The Labute approximate surface area is 128 Å². The molecule has 0 fully saturated rings. The van der Waals surface area contributed by atoms with E-state index < -0.39 is 0 Å². The predicted molar refractivity (Wildman–Crippen MR) is 81.2 cm³/mol. The normalized spacial score (nSPS) is 10.7. The van der Waals surface area contributed by atoms with Crippen molar-refractivity contribution in [2.45, 2.75) is 6.42 Å². The van der Waals surface area contributed by atoms with Crippen LogP contribution in [0.2, 0.25) is 0 Å². The quantitative estimate of drug-likeness (QED) is 0.709. The van der Waals surface area contributed by atoms with Crippen molar-refractivity contribution in [2.75, 3.05) is 0 Å². The number of hydrogen-bond acceptors (Lipinski definition) is 5. The van der Waals surface area contributed by atoms with Crippen molar-refractivity contribution in [1.82, 2.24) is 15.1 Å². The lowest BCUT2D eigenvalue weighted by molar-refractivity contribution is 0.418. The van der Waals surface area contributed by atoms with Crippen molar-refractivity contribution in [3.8, 4) is 17.2 Å². The number of rotatable bonds is 3. The van der Waals surface area contributed by atoms with Crippen molar-refractivity contribution in [3.63, 3.8) is 0 Å². The summed E-state index contributed by atoms with van der Waals surface area (Å²) in [5.41, 5.74) is 1.41. The Morgan fingerprint density at radius 1 is 1.20 bits per heavy atom. The van der Waals surface area contributed by atoms with Crippen LogP contribution in [0.3, 0.4) is 0 Å². The van der Waals surface area contributed by atoms with Crippen LogP contribution in [0.25, 0.3) is 11.5 Å². The zero-order valence-corrected chi connectivity index (χ0v) is 12.5. The molecule has 20 heavy (non-hydrogen) atoms. The largest absolute Gasteiger partial charge is 0.507 e. The van der Waals surface area contributed by atoms with E-state index in [2.05, 4.69) is 37.7 Å². The fraction of sp³-hybridized carbons (Fsp3) is 0.0714. The monoisotopic (exact) mass is 379 g/mol. The Bertz CT molecular complexity index is 728. The first kappa shape index (κ1) is 13.0. The lowest BCUT2D eigenvalue weighted by atomic mass is 10.2. The second-order valence-electron chi connectivity index (χ2n) is 4.18. The fourth-order valence-electron chi connectivity index (χ4n) is 1.78. The van der Waals surface area contributed by atoms with Gasteiger partial charge in [-0.15, -0.1) is 0 Å². The van der Waals surface area contributed by atoms with Gasteiger partial charge in [0.2, 0.25) is 0 Å². The number of phenols is 1. The van der Waals surface area contributed by atoms with Crippen molar-refractivity contribution in [1.29, 1.82) is 0 Å². The van der Waals surface area contributed by atoms with Gasteiger partial charge in [-0.3, -0.25) is 4.98 Å². The molecule has 2 heterocycles. The molecule has 0 saturated heterocycles. The maximum Gasteiger partial charge on any atom is 0.261 e. The highest BCUT2D eigenvalue weighted by Gasteiger charge is 2.13. The number of pyridine rings is 1. The molecule has 6 heteroatoms. The molecule has 0 aliphatic heterocycles. The smallest absolute Gasteiger partial charge is 0.261 e. The van der Waals surface area contributed by atoms with Crippen LogP contribution in [-0.4, -0.2) is 20.2 Å². The van der Waals surface area contributed by atoms with Crippen molar-refractivity contribution >= 4 is 22.6 Å². The second-order valence-corrected chi connectivity index (χ2v) is 5.42. The molecule has 3 aromatic rings. The highest BCUT2D eigenvalue weighted by Crippen LogP contribution is 2.29. The Morgan fingerprint density at radius 2 is 2.10 bits per heavy atom. The molecule has 100 valence electrons. The topological polar surface area (TPSA) is 72.0 Å². The van der Waals surface area contributed by atoms with Crippen LogP contribution in [0.4, 0.5) is 0 Å². The van der Waals surface area contributed by atoms with Gasteiger partial charge in [0.15, 0.2) is 5.82 Å². The van der Waals surface area contributed by atoms with Gasteiger partial charge < -0.3 is 9.63 Å². The highest BCUT2D eigenvalue weighted by atomic mass is 127. The first-order valence-electron chi connectivity index (χ1n) is 5.94. The minimum atomic E-state index is 0.124. The van der Waals surface area contributed by atoms with Crippen molar-refractivity contribution < 1.29 is 9.63 Å². The van der Waals surface area contributed by atoms with Crippen LogP contribution in [0.5, 0.6) is 5.75 Å². The maximum absolute atomic E-state index is 9.84. The lowest BCUT2D eigenvalue weighted by Crippen LogP contribution is -1.93.